The van der Waals surface area contributed by atoms with Gasteiger partial charge in [0.1, 0.15) is 5.69 Å². The third kappa shape index (κ3) is 15.4. The molecule has 1 aliphatic rings. The van der Waals surface area contributed by atoms with Gasteiger partial charge in [-0.15, -0.1) is 12.4 Å². The molecule has 2 N–H and O–H groups in total. The number of hydrogen-bond acceptors (Lipinski definition) is 3. The molecule has 0 atom stereocenters. The molecular formula is C21H34AlLi2N3O4. The monoisotopic (exact) mass is 433 g/mol. The van der Waals surface area contributed by atoms with Crippen molar-refractivity contribution in [3.63, 3.8) is 0 Å². The van der Waals surface area contributed by atoms with Crippen molar-refractivity contribution in [2.24, 2.45) is 21.1 Å². The molecule has 3 aromatic heterocycles. The minimum Gasteiger partial charge on any atom is -1.00 e. The maximum atomic E-state index is 10.3. The van der Waals surface area contributed by atoms with Gasteiger partial charge in [-0.1, -0.05) is 0 Å². The third-order valence-corrected chi connectivity index (χ3v) is 3.89. The SMILES string of the molecule is C1CCOC1.Cn1[c-]ccc1.Cn1cccc1C(=O)O.Cn1cccc1CO.[AlH3].[H-].[Li+].[Li+]. The minimum absolute atomic E-state index is 0. The van der Waals surface area contributed by atoms with E-state index < -0.39 is 5.97 Å². The Bertz CT molecular complexity index is 787. The second-order valence-electron chi connectivity index (χ2n) is 6.15. The van der Waals surface area contributed by atoms with Crippen LogP contribution < -0.4 is 37.7 Å². The smallest absolute Gasteiger partial charge is 1.00 e. The zero-order valence-corrected chi connectivity index (χ0v) is 18.8. The van der Waals surface area contributed by atoms with Crippen LogP contribution in [0.25, 0.3) is 0 Å². The van der Waals surface area contributed by atoms with Crippen molar-refractivity contribution in [1.29, 1.82) is 0 Å². The number of carbonyl (C=O) groups is 1. The summed E-state index contributed by atoms with van der Waals surface area (Å²) in [7, 11) is 5.55. The van der Waals surface area contributed by atoms with E-state index in [0.29, 0.717) is 5.69 Å². The summed E-state index contributed by atoms with van der Waals surface area (Å²) in [6.45, 7) is 2.13. The third-order valence-electron chi connectivity index (χ3n) is 3.89. The predicted octanol–water partition coefficient (Wildman–Crippen LogP) is -4.20. The Hall–Kier alpha value is -1.04. The molecule has 1 fully saturated rings. The number of aromatic nitrogens is 3. The molecule has 0 aromatic carbocycles. The van der Waals surface area contributed by atoms with Crippen LogP contribution >= 0.6 is 0 Å². The Morgan fingerprint density at radius 1 is 1.03 bits per heavy atom. The fraction of sp³-hybridized carbons (Fsp3) is 0.381. The van der Waals surface area contributed by atoms with Gasteiger partial charge >= 0.3 is 43.7 Å². The zero-order chi connectivity index (χ0) is 20.8. The van der Waals surface area contributed by atoms with Crippen LogP contribution in [0.2, 0.25) is 0 Å². The van der Waals surface area contributed by atoms with Gasteiger partial charge in [-0.25, -0.2) is 4.79 Å². The number of rotatable bonds is 2. The molecule has 0 amide bonds. The molecule has 3 aromatic rings. The first kappa shape index (κ1) is 34.6. The van der Waals surface area contributed by atoms with Crippen molar-refractivity contribution >= 4 is 23.3 Å². The molecule has 0 aliphatic carbocycles. The molecule has 0 radical (unpaired) electrons. The van der Waals surface area contributed by atoms with Gasteiger partial charge in [-0.05, 0) is 44.2 Å². The standard InChI is InChI=1S/C6H7NO2.C6H9NO.C5H6N.C4H8O.Al.2Li.4H/c1-7-4-2-3-5(7)6(8)9;1-7-4-2-3-6(7)5-8;1-6-4-2-3-5-6;1-2-4-5-3-1;;;;;;;/h2-4H,1H3,(H,8,9);2-4,8H,5H2,1H3;2-4H,1H3;1-4H2;;;;;;;/q;;-1;;;2*+1;;;;-1. The molecule has 0 bridgehead atoms. The fourth-order valence-corrected chi connectivity index (χ4v) is 2.23. The molecule has 0 unspecified atom stereocenters. The second kappa shape index (κ2) is 20.8. The Morgan fingerprint density at radius 2 is 1.61 bits per heavy atom. The summed E-state index contributed by atoms with van der Waals surface area (Å²) in [4.78, 5) is 10.3. The molecule has 31 heavy (non-hydrogen) atoms. The van der Waals surface area contributed by atoms with Crippen LogP contribution in [0.3, 0.4) is 0 Å². The molecule has 1 aliphatic heterocycles. The van der Waals surface area contributed by atoms with Gasteiger partial charge in [0.15, 0.2) is 17.4 Å². The molecule has 4 rings (SSSR count). The van der Waals surface area contributed by atoms with Crippen molar-refractivity contribution in [2.45, 2.75) is 19.4 Å². The molecular weight excluding hydrogens is 399 g/mol. The van der Waals surface area contributed by atoms with Gasteiger partial charge < -0.3 is 30.1 Å². The first-order chi connectivity index (χ1) is 13.5. The van der Waals surface area contributed by atoms with E-state index in [1.807, 2.05) is 59.9 Å². The van der Waals surface area contributed by atoms with Crippen molar-refractivity contribution in [2.75, 3.05) is 13.2 Å². The molecule has 0 saturated carbocycles. The van der Waals surface area contributed by atoms with Crippen LogP contribution in [0.15, 0.2) is 55.0 Å². The Balaban J connectivity index is -0.000000160. The Kier molecular flexibility index (Phi) is 23.2. The number of aromatic carboxylic acids is 1. The van der Waals surface area contributed by atoms with Crippen LogP contribution in [-0.4, -0.2) is 60.5 Å². The summed E-state index contributed by atoms with van der Waals surface area (Å²) in [5, 5.41) is 17.0. The first-order valence-corrected chi connectivity index (χ1v) is 9.08. The van der Waals surface area contributed by atoms with Gasteiger partial charge in [0.05, 0.1) is 6.61 Å². The van der Waals surface area contributed by atoms with Crippen molar-refractivity contribution < 1.29 is 58.9 Å². The molecule has 4 heterocycles. The number of aryl methyl sites for hydroxylation is 3. The summed E-state index contributed by atoms with van der Waals surface area (Å²) in [5.74, 6) is -0.887. The number of aliphatic hydroxyl groups is 1. The number of carboxylic acids is 1. The van der Waals surface area contributed by atoms with E-state index in [9.17, 15) is 4.79 Å². The Labute approximate surface area is 221 Å². The van der Waals surface area contributed by atoms with E-state index in [-0.39, 0.29) is 63.1 Å². The number of aliphatic hydroxyl groups excluding tert-OH is 1. The van der Waals surface area contributed by atoms with E-state index >= 15 is 0 Å². The van der Waals surface area contributed by atoms with E-state index in [0.717, 1.165) is 18.9 Å². The van der Waals surface area contributed by atoms with Crippen molar-refractivity contribution in [3.05, 3.63) is 72.6 Å². The average Bonchev–Trinajstić information content (AvgIpc) is 3.46. The van der Waals surface area contributed by atoms with Crippen molar-refractivity contribution in [1.82, 2.24) is 13.7 Å². The van der Waals surface area contributed by atoms with Gasteiger partial charge in [0.2, 0.25) is 0 Å². The van der Waals surface area contributed by atoms with Crippen LogP contribution in [-0.2, 0) is 32.5 Å². The predicted molar refractivity (Wildman–Crippen MR) is 119 cm³/mol. The molecule has 0 spiro atoms. The average molecular weight is 433 g/mol. The summed E-state index contributed by atoms with van der Waals surface area (Å²) >= 11 is 0. The minimum atomic E-state index is -0.887. The Morgan fingerprint density at radius 3 is 1.81 bits per heavy atom. The number of ether oxygens (including phenoxy) is 1. The number of hydrogen-bond donors (Lipinski definition) is 2. The quantitative estimate of drug-likeness (QED) is 0.317. The second-order valence-corrected chi connectivity index (χ2v) is 6.15. The molecule has 10 heteroatoms. The summed E-state index contributed by atoms with van der Waals surface area (Å²) < 4.78 is 10.3. The largest absolute Gasteiger partial charge is 1.00 e. The summed E-state index contributed by atoms with van der Waals surface area (Å²) in [6.07, 6.45) is 11.0. The first-order valence-electron chi connectivity index (χ1n) is 9.08. The van der Waals surface area contributed by atoms with Gasteiger partial charge in [0.25, 0.3) is 0 Å². The van der Waals surface area contributed by atoms with E-state index in [2.05, 4.69) is 6.20 Å². The number of carboxylic acid groups (broad SMARTS) is 1. The fourth-order valence-electron chi connectivity index (χ4n) is 2.23. The van der Waals surface area contributed by atoms with E-state index in [4.69, 9.17) is 14.9 Å². The summed E-state index contributed by atoms with van der Waals surface area (Å²) in [5.41, 5.74) is 1.26. The van der Waals surface area contributed by atoms with Crippen molar-refractivity contribution in [3.8, 4) is 0 Å². The molecule has 162 valence electrons. The maximum Gasteiger partial charge on any atom is 1.00 e. The van der Waals surface area contributed by atoms with E-state index in [1.54, 1.807) is 29.9 Å². The maximum absolute atomic E-state index is 10.3. The zero-order valence-electron chi connectivity index (χ0n) is 19.8. The van der Waals surface area contributed by atoms with E-state index in [1.165, 1.54) is 12.8 Å². The number of nitrogens with zero attached hydrogens (tertiary/aromatic N) is 3. The van der Waals surface area contributed by atoms with Crippen LogP contribution in [0.5, 0.6) is 0 Å². The van der Waals surface area contributed by atoms with Crippen LogP contribution in [0, 0.1) is 6.20 Å². The van der Waals surface area contributed by atoms with Gasteiger partial charge in [-0.2, -0.15) is 12.1 Å². The van der Waals surface area contributed by atoms with Crippen LogP contribution in [0.1, 0.15) is 30.5 Å². The summed E-state index contributed by atoms with van der Waals surface area (Å²) in [6, 6.07) is 10.9. The molecule has 1 saturated heterocycles. The van der Waals surface area contributed by atoms with Gasteiger partial charge in [0, 0.05) is 45.4 Å². The topological polar surface area (TPSA) is 81.5 Å². The molecule has 7 nitrogen and oxygen atoms in total. The van der Waals surface area contributed by atoms with Gasteiger partial charge in [-0.3, -0.25) is 0 Å². The van der Waals surface area contributed by atoms with Crippen LogP contribution in [0.4, 0.5) is 0 Å². The normalized spacial score (nSPS) is 10.8.